The number of halogens is 1. The lowest BCUT2D eigenvalue weighted by Crippen LogP contribution is -1.90. The second-order valence-electron chi connectivity index (χ2n) is 2.57. The molecule has 0 aliphatic carbocycles. The fourth-order valence-corrected chi connectivity index (χ4v) is 2.04. The molecule has 0 aliphatic heterocycles. The quantitative estimate of drug-likeness (QED) is 0.773. The van der Waals surface area contributed by atoms with Crippen LogP contribution in [-0.2, 0) is 10.7 Å². The van der Waals surface area contributed by atoms with E-state index >= 15 is 0 Å². The highest BCUT2D eigenvalue weighted by molar-refractivity contribution is 9.10. The lowest BCUT2D eigenvalue weighted by atomic mass is 10.1. The van der Waals surface area contributed by atoms with Gasteiger partial charge in [0.05, 0.1) is 4.90 Å². The Balaban J connectivity index is 3.46. The SMILES string of the molecule is Cc1c(Br)ccc([SH](=O)=O)c1C. The van der Waals surface area contributed by atoms with Crippen molar-refractivity contribution in [2.45, 2.75) is 18.7 Å². The fraction of sp³-hybridized carbons (Fsp3) is 0.250. The Bertz CT molecular complexity index is 375. The molecule has 0 heterocycles. The minimum atomic E-state index is -2.47. The summed E-state index contributed by atoms with van der Waals surface area (Å²) >= 11 is 3.33. The molecule has 0 aromatic heterocycles. The van der Waals surface area contributed by atoms with Gasteiger partial charge in [0, 0.05) is 4.47 Å². The second-order valence-corrected chi connectivity index (χ2v) is 4.42. The van der Waals surface area contributed by atoms with E-state index in [4.69, 9.17) is 0 Å². The summed E-state index contributed by atoms with van der Waals surface area (Å²) in [6, 6.07) is 3.36. The molecule has 0 fully saturated rings. The van der Waals surface area contributed by atoms with Gasteiger partial charge in [-0.15, -0.1) is 0 Å². The van der Waals surface area contributed by atoms with Gasteiger partial charge in [-0.1, -0.05) is 15.9 Å². The van der Waals surface area contributed by atoms with Crippen molar-refractivity contribution in [1.29, 1.82) is 0 Å². The molecule has 66 valence electrons. The van der Waals surface area contributed by atoms with Gasteiger partial charge in [-0.25, -0.2) is 8.42 Å². The first kappa shape index (κ1) is 9.74. The van der Waals surface area contributed by atoms with E-state index in [1.54, 1.807) is 19.1 Å². The molecule has 0 bridgehead atoms. The summed E-state index contributed by atoms with van der Waals surface area (Å²) in [5.74, 6) is 0. The molecule has 0 aliphatic rings. The zero-order chi connectivity index (χ0) is 9.30. The number of hydrogen-bond acceptors (Lipinski definition) is 2. The second kappa shape index (κ2) is 3.58. The predicted molar refractivity (Wildman–Crippen MR) is 52.2 cm³/mol. The lowest BCUT2D eigenvalue weighted by Gasteiger charge is -2.04. The summed E-state index contributed by atoms with van der Waals surface area (Å²) < 4.78 is 22.4. The Labute approximate surface area is 81.7 Å². The number of thiol groups is 1. The van der Waals surface area contributed by atoms with E-state index in [1.807, 2.05) is 6.92 Å². The largest absolute Gasteiger partial charge is 0.227 e. The highest BCUT2D eigenvalue weighted by Gasteiger charge is 2.05. The van der Waals surface area contributed by atoms with Gasteiger partial charge in [0.1, 0.15) is 0 Å². The van der Waals surface area contributed by atoms with Crippen molar-refractivity contribution in [1.82, 2.24) is 0 Å². The molecule has 0 amide bonds. The molecule has 2 nitrogen and oxygen atoms in total. The minimum Gasteiger partial charge on any atom is -0.227 e. The molecule has 0 saturated carbocycles. The third-order valence-electron chi connectivity index (χ3n) is 1.89. The summed E-state index contributed by atoms with van der Waals surface area (Å²) in [4.78, 5) is 0.408. The smallest absolute Gasteiger partial charge is 0.168 e. The monoisotopic (exact) mass is 248 g/mol. The van der Waals surface area contributed by atoms with Crippen molar-refractivity contribution in [3.63, 3.8) is 0 Å². The van der Waals surface area contributed by atoms with Crippen molar-refractivity contribution in [2.75, 3.05) is 0 Å². The Kier molecular flexibility index (Phi) is 2.90. The fourth-order valence-electron chi connectivity index (χ4n) is 0.971. The lowest BCUT2D eigenvalue weighted by molar-refractivity contribution is 0.614. The van der Waals surface area contributed by atoms with Crippen LogP contribution in [0.15, 0.2) is 21.5 Å². The molecular formula is C8H9BrO2S. The van der Waals surface area contributed by atoms with Gasteiger partial charge in [-0.3, -0.25) is 0 Å². The maximum atomic E-state index is 10.7. The van der Waals surface area contributed by atoms with Gasteiger partial charge < -0.3 is 0 Å². The molecule has 1 aromatic carbocycles. The Morgan fingerprint density at radius 3 is 2.25 bits per heavy atom. The van der Waals surface area contributed by atoms with E-state index in [-0.39, 0.29) is 0 Å². The van der Waals surface area contributed by atoms with Crippen molar-refractivity contribution >= 4 is 26.6 Å². The number of rotatable bonds is 1. The summed E-state index contributed by atoms with van der Waals surface area (Å²) in [5.41, 5.74) is 1.80. The van der Waals surface area contributed by atoms with Crippen molar-refractivity contribution in [3.8, 4) is 0 Å². The maximum Gasteiger partial charge on any atom is 0.168 e. The predicted octanol–water partition coefficient (Wildman–Crippen LogP) is 2.04. The van der Waals surface area contributed by atoms with Gasteiger partial charge in [-0.2, -0.15) is 0 Å². The summed E-state index contributed by atoms with van der Waals surface area (Å²) in [7, 11) is -2.47. The first-order valence-electron chi connectivity index (χ1n) is 3.44. The normalized spacial score (nSPS) is 10.7. The van der Waals surface area contributed by atoms with Crippen LogP contribution < -0.4 is 0 Å². The molecule has 0 saturated heterocycles. The van der Waals surface area contributed by atoms with Crippen LogP contribution in [-0.4, -0.2) is 8.42 Å². The van der Waals surface area contributed by atoms with Crippen LogP contribution in [0.3, 0.4) is 0 Å². The number of hydrogen-bond donors (Lipinski definition) is 1. The molecular weight excluding hydrogens is 240 g/mol. The molecule has 0 radical (unpaired) electrons. The van der Waals surface area contributed by atoms with E-state index in [0.29, 0.717) is 4.90 Å². The molecule has 12 heavy (non-hydrogen) atoms. The van der Waals surface area contributed by atoms with Gasteiger partial charge in [0.15, 0.2) is 10.7 Å². The van der Waals surface area contributed by atoms with E-state index in [0.717, 1.165) is 15.6 Å². The van der Waals surface area contributed by atoms with Crippen molar-refractivity contribution in [3.05, 3.63) is 27.7 Å². The van der Waals surface area contributed by atoms with Crippen LogP contribution in [0.4, 0.5) is 0 Å². The number of benzene rings is 1. The molecule has 0 atom stereocenters. The first-order chi connectivity index (χ1) is 5.54. The van der Waals surface area contributed by atoms with Gasteiger partial charge in [-0.05, 0) is 37.1 Å². The standard InChI is InChI=1S/C8H9BrO2S/c1-5-6(2)8(12(10)11)4-3-7(5)9/h3-4,12H,1-2H3. The maximum absolute atomic E-state index is 10.7. The zero-order valence-corrected chi connectivity index (χ0v) is 9.28. The van der Waals surface area contributed by atoms with Gasteiger partial charge >= 0.3 is 0 Å². The Hall–Kier alpha value is -0.350. The van der Waals surface area contributed by atoms with Gasteiger partial charge in [0.2, 0.25) is 0 Å². The van der Waals surface area contributed by atoms with Crippen LogP contribution >= 0.6 is 15.9 Å². The minimum absolute atomic E-state index is 0.408. The summed E-state index contributed by atoms with van der Waals surface area (Å²) in [5, 5.41) is 0. The molecule has 0 N–H and O–H groups in total. The van der Waals surface area contributed by atoms with Gasteiger partial charge in [0.25, 0.3) is 0 Å². The topological polar surface area (TPSA) is 34.1 Å². The third kappa shape index (κ3) is 1.69. The summed E-state index contributed by atoms with van der Waals surface area (Å²) in [6.45, 7) is 3.70. The molecule has 0 unspecified atom stereocenters. The average molecular weight is 249 g/mol. The molecule has 0 spiro atoms. The summed E-state index contributed by atoms with van der Waals surface area (Å²) in [6.07, 6.45) is 0. The zero-order valence-electron chi connectivity index (χ0n) is 6.80. The van der Waals surface area contributed by atoms with Crippen molar-refractivity contribution < 1.29 is 8.42 Å². The van der Waals surface area contributed by atoms with E-state index < -0.39 is 10.7 Å². The molecule has 1 aromatic rings. The van der Waals surface area contributed by atoms with Crippen LogP contribution in [0.25, 0.3) is 0 Å². The van der Waals surface area contributed by atoms with Crippen LogP contribution in [0.5, 0.6) is 0 Å². The highest BCUT2D eigenvalue weighted by Crippen LogP contribution is 2.22. The average Bonchev–Trinajstić information content (AvgIpc) is 2.00. The molecule has 4 heteroatoms. The van der Waals surface area contributed by atoms with E-state index in [1.165, 1.54) is 0 Å². The Morgan fingerprint density at radius 2 is 1.75 bits per heavy atom. The van der Waals surface area contributed by atoms with E-state index in [9.17, 15) is 8.42 Å². The molecule has 1 rings (SSSR count). The third-order valence-corrected chi connectivity index (χ3v) is 3.63. The first-order valence-corrected chi connectivity index (χ1v) is 5.41. The van der Waals surface area contributed by atoms with Crippen LogP contribution in [0.1, 0.15) is 11.1 Å². The van der Waals surface area contributed by atoms with Crippen molar-refractivity contribution in [2.24, 2.45) is 0 Å². The van der Waals surface area contributed by atoms with E-state index in [2.05, 4.69) is 15.9 Å². The van der Waals surface area contributed by atoms with Crippen LogP contribution in [0, 0.1) is 13.8 Å². The Morgan fingerprint density at radius 1 is 1.17 bits per heavy atom. The highest BCUT2D eigenvalue weighted by atomic mass is 79.9. The van der Waals surface area contributed by atoms with Crippen LogP contribution in [0.2, 0.25) is 0 Å².